The van der Waals surface area contributed by atoms with E-state index in [4.69, 9.17) is 9.72 Å². The van der Waals surface area contributed by atoms with Gasteiger partial charge in [-0.1, -0.05) is 95.2 Å². The summed E-state index contributed by atoms with van der Waals surface area (Å²) < 4.78 is 11.0. The van der Waals surface area contributed by atoms with Gasteiger partial charge in [-0.05, 0) is 96.1 Å². The van der Waals surface area contributed by atoms with Crippen molar-refractivity contribution in [2.45, 2.75) is 27.7 Å². The van der Waals surface area contributed by atoms with Gasteiger partial charge in [0, 0.05) is 40.5 Å². The molecule has 0 saturated heterocycles. The zero-order valence-electron chi connectivity index (χ0n) is 30.2. The van der Waals surface area contributed by atoms with E-state index < -0.39 is 0 Å². The topological polar surface area (TPSA) is 44.3 Å². The molecular weight excluding hydrogens is 844 g/mol. The molecule has 0 unspecified atom stereocenters. The predicted octanol–water partition coefficient (Wildman–Crippen LogP) is 12.1. The van der Waals surface area contributed by atoms with Crippen molar-refractivity contribution in [3.63, 3.8) is 0 Å². The van der Waals surface area contributed by atoms with Gasteiger partial charge in [0.05, 0.1) is 11.3 Å². The van der Waals surface area contributed by atoms with E-state index in [0.29, 0.717) is 11.5 Å². The van der Waals surface area contributed by atoms with Gasteiger partial charge in [0.1, 0.15) is 5.82 Å². The zero-order valence-corrected chi connectivity index (χ0v) is 32.5. The summed E-state index contributed by atoms with van der Waals surface area (Å²) in [5.74, 6) is 2.03. The molecule has 0 fully saturated rings. The second-order valence-corrected chi connectivity index (χ2v) is 13.9. The zero-order chi connectivity index (χ0) is 35.8. The molecule has 10 rings (SSSR count). The maximum absolute atomic E-state index is 6.59. The molecule has 0 amide bonds. The molecule has 0 radical (unpaired) electrons. The Kier molecular flexibility index (Phi) is 8.21. The van der Waals surface area contributed by atoms with Gasteiger partial charge in [-0.25, -0.2) is 4.98 Å². The van der Waals surface area contributed by atoms with Crippen molar-refractivity contribution < 1.29 is 25.8 Å². The molecule has 0 atom stereocenters. The van der Waals surface area contributed by atoms with Crippen molar-refractivity contribution in [1.82, 2.24) is 18.9 Å². The van der Waals surface area contributed by atoms with Crippen molar-refractivity contribution in [1.29, 1.82) is 0 Å². The normalized spacial score (nSPS) is 11.6. The van der Waals surface area contributed by atoms with Crippen LogP contribution in [0.1, 0.15) is 22.3 Å². The minimum Gasteiger partial charge on any atom is -0.503 e. The SMILES string of the molecule is Cc1cccc(C)c1-c1ccc2c3ccc(Oc4[c-]c5c(cc4)c4ccccc4n5-c4ccccn4)[c-]c3c3ncc(-c4c(C)cccc4C)n3c2c1.[Pt+2]. The maximum Gasteiger partial charge on any atom is 2.00 e. The summed E-state index contributed by atoms with van der Waals surface area (Å²) in [5, 5.41) is 5.33. The molecule has 0 N–H and O–H groups in total. The fourth-order valence-electron chi connectivity index (χ4n) is 8.25. The van der Waals surface area contributed by atoms with Crippen LogP contribution in [0.25, 0.3) is 77.3 Å². The van der Waals surface area contributed by atoms with Gasteiger partial charge in [-0.2, -0.15) is 6.07 Å². The molecule has 0 aliphatic heterocycles. The quantitative estimate of drug-likeness (QED) is 0.128. The summed E-state index contributed by atoms with van der Waals surface area (Å²) in [6.45, 7) is 8.72. The Hall–Kier alpha value is -6.03. The number of benzene rings is 6. The molecule has 54 heavy (non-hydrogen) atoms. The van der Waals surface area contributed by atoms with E-state index in [-0.39, 0.29) is 21.1 Å². The molecule has 0 saturated carbocycles. The van der Waals surface area contributed by atoms with E-state index in [1.165, 1.54) is 38.9 Å². The van der Waals surface area contributed by atoms with E-state index in [2.05, 4.69) is 145 Å². The second-order valence-electron chi connectivity index (χ2n) is 13.9. The Morgan fingerprint density at radius 3 is 1.94 bits per heavy atom. The van der Waals surface area contributed by atoms with Gasteiger partial charge in [-0.15, -0.1) is 29.7 Å². The summed E-state index contributed by atoms with van der Waals surface area (Å²) in [6, 6.07) is 49.6. The van der Waals surface area contributed by atoms with Crippen molar-refractivity contribution >= 4 is 49.1 Å². The number of hydrogen-bond acceptors (Lipinski definition) is 3. The minimum atomic E-state index is 0. The smallest absolute Gasteiger partial charge is 0.503 e. The Balaban J connectivity index is 0.00000384. The van der Waals surface area contributed by atoms with Crippen LogP contribution in [0.15, 0.2) is 134 Å². The van der Waals surface area contributed by atoms with Crippen molar-refractivity contribution in [3.8, 4) is 39.7 Å². The fourth-order valence-corrected chi connectivity index (χ4v) is 8.25. The average molecular weight is 878 g/mol. The third-order valence-corrected chi connectivity index (χ3v) is 10.6. The molecule has 6 aromatic carbocycles. The number of aryl methyl sites for hydroxylation is 4. The monoisotopic (exact) mass is 877 g/mol. The van der Waals surface area contributed by atoms with Crippen LogP contribution < -0.4 is 4.74 Å². The number of ether oxygens (including phenoxy) is 1. The number of pyridine rings is 2. The third-order valence-electron chi connectivity index (χ3n) is 10.6. The number of para-hydroxylation sites is 1. The predicted molar refractivity (Wildman–Crippen MR) is 216 cm³/mol. The number of hydrogen-bond donors (Lipinski definition) is 0. The molecule has 4 aromatic heterocycles. The number of fused-ring (bicyclic) bond motifs is 9. The van der Waals surface area contributed by atoms with Crippen LogP contribution in [-0.4, -0.2) is 18.9 Å². The van der Waals surface area contributed by atoms with Crippen molar-refractivity contribution in [2.75, 3.05) is 0 Å². The summed E-state index contributed by atoms with van der Waals surface area (Å²) in [5.41, 5.74) is 13.6. The molecule has 6 heteroatoms. The van der Waals surface area contributed by atoms with Gasteiger partial charge in [0.25, 0.3) is 0 Å². The molecule has 0 aliphatic rings. The van der Waals surface area contributed by atoms with E-state index in [1.54, 1.807) is 0 Å². The van der Waals surface area contributed by atoms with Crippen LogP contribution in [0.2, 0.25) is 0 Å². The summed E-state index contributed by atoms with van der Waals surface area (Å²) in [4.78, 5) is 9.79. The number of aromatic nitrogens is 4. The van der Waals surface area contributed by atoms with Crippen LogP contribution >= 0.6 is 0 Å². The van der Waals surface area contributed by atoms with Crippen LogP contribution in [0.3, 0.4) is 0 Å². The molecular formula is C48H34N4OPt. The fraction of sp³-hybridized carbons (Fsp3) is 0.0833. The first-order chi connectivity index (χ1) is 25.9. The minimum absolute atomic E-state index is 0. The van der Waals surface area contributed by atoms with Gasteiger partial charge < -0.3 is 13.7 Å². The van der Waals surface area contributed by atoms with Crippen LogP contribution in [0, 0.1) is 39.8 Å². The number of imidazole rings is 1. The Bertz CT molecular complexity index is 3050. The van der Waals surface area contributed by atoms with Crippen LogP contribution in [0.4, 0.5) is 0 Å². The molecule has 5 nitrogen and oxygen atoms in total. The third kappa shape index (κ3) is 5.26. The number of rotatable bonds is 5. The van der Waals surface area contributed by atoms with Gasteiger partial charge in [0.15, 0.2) is 0 Å². The van der Waals surface area contributed by atoms with Crippen LogP contribution in [-0.2, 0) is 21.1 Å². The van der Waals surface area contributed by atoms with Gasteiger partial charge in [-0.3, -0.25) is 4.98 Å². The van der Waals surface area contributed by atoms with Gasteiger partial charge >= 0.3 is 21.1 Å². The first kappa shape index (κ1) is 33.8. The van der Waals surface area contributed by atoms with E-state index in [0.717, 1.165) is 60.6 Å². The Morgan fingerprint density at radius 2 is 1.20 bits per heavy atom. The van der Waals surface area contributed by atoms with E-state index >= 15 is 0 Å². The average Bonchev–Trinajstić information content (AvgIpc) is 3.75. The van der Waals surface area contributed by atoms with Gasteiger partial charge in [0.2, 0.25) is 0 Å². The standard InChI is InChI=1S/C48H34N4O.Pt/c1-29-11-9-12-30(2)46(29)33-18-21-38-36-22-19-34(26-40(36)48-50-28-44(52(48)42(38)25-33)47-31(3)13-10-14-32(47)4)53-35-20-23-39-37-15-5-6-16-41(37)51(43(39)27-35)45-17-7-8-24-49-45;/h5-25,28H,1-4H3;/q-2;+2. The van der Waals surface area contributed by atoms with Crippen LogP contribution in [0.5, 0.6) is 11.5 Å². The molecule has 0 spiro atoms. The second kappa shape index (κ2) is 13.1. The van der Waals surface area contributed by atoms with Crippen molar-refractivity contribution in [3.05, 3.63) is 168 Å². The van der Waals surface area contributed by atoms with E-state index in [1.807, 2.05) is 42.7 Å². The summed E-state index contributed by atoms with van der Waals surface area (Å²) >= 11 is 0. The maximum atomic E-state index is 6.59. The molecule has 0 aliphatic carbocycles. The first-order valence-electron chi connectivity index (χ1n) is 17.9. The summed E-state index contributed by atoms with van der Waals surface area (Å²) in [7, 11) is 0. The van der Waals surface area contributed by atoms with E-state index in [9.17, 15) is 0 Å². The first-order valence-corrected chi connectivity index (χ1v) is 17.9. The molecule has 4 heterocycles. The molecule has 262 valence electrons. The Labute approximate surface area is 327 Å². The summed E-state index contributed by atoms with van der Waals surface area (Å²) in [6.07, 6.45) is 3.82. The largest absolute Gasteiger partial charge is 2.00 e. The number of nitrogens with zero attached hydrogens (tertiary/aromatic N) is 4. The molecule has 10 aromatic rings. The van der Waals surface area contributed by atoms with Crippen molar-refractivity contribution in [2.24, 2.45) is 0 Å². The Morgan fingerprint density at radius 1 is 0.556 bits per heavy atom. The molecule has 0 bridgehead atoms.